The molecule has 0 saturated heterocycles. The molecule has 4 aromatic rings. The van der Waals surface area contributed by atoms with E-state index in [9.17, 15) is 19.7 Å². The molecule has 1 heterocycles. The second kappa shape index (κ2) is 9.13. The van der Waals surface area contributed by atoms with E-state index in [2.05, 4.69) is 17.4 Å². The van der Waals surface area contributed by atoms with Gasteiger partial charge < -0.3 is 5.32 Å². The van der Waals surface area contributed by atoms with Crippen molar-refractivity contribution in [3.05, 3.63) is 105 Å². The molecule has 1 N–H and O–H groups in total. The minimum atomic E-state index is -0.566. The number of anilines is 3. The molecule has 4 aromatic carbocycles. The molecule has 0 spiro atoms. The number of halogens is 1. The van der Waals surface area contributed by atoms with Crippen LogP contribution in [0.25, 0.3) is 10.8 Å². The summed E-state index contributed by atoms with van der Waals surface area (Å²) in [5, 5.41) is 16.7. The number of amides is 2. The van der Waals surface area contributed by atoms with Crippen molar-refractivity contribution in [3.63, 3.8) is 0 Å². The Kier molecular flexibility index (Phi) is 5.54. The van der Waals surface area contributed by atoms with E-state index in [1.54, 1.807) is 42.5 Å². The van der Waals surface area contributed by atoms with E-state index in [0.717, 1.165) is 22.7 Å². The van der Waals surface area contributed by atoms with Crippen molar-refractivity contribution < 1.29 is 14.5 Å². The highest BCUT2D eigenvalue weighted by Crippen LogP contribution is 2.60. The molecule has 42 heavy (non-hydrogen) atoms. The molecule has 7 nitrogen and oxygen atoms in total. The van der Waals surface area contributed by atoms with Crippen LogP contribution in [0.1, 0.15) is 64.8 Å². The number of hydrogen-bond acceptors (Lipinski definition) is 5. The highest BCUT2D eigenvalue weighted by molar-refractivity contribution is 6.37. The number of nitrogens with zero attached hydrogens (tertiary/aromatic N) is 2. The molecule has 4 fully saturated rings. The second-order valence-electron chi connectivity index (χ2n) is 12.6. The third-order valence-electron chi connectivity index (χ3n) is 10.1. The Hall–Kier alpha value is -4.23. The first kappa shape index (κ1) is 25.5. The third-order valence-corrected chi connectivity index (χ3v) is 10.3. The first-order valence-corrected chi connectivity index (χ1v) is 14.9. The minimum Gasteiger partial charge on any atom is -0.349 e. The monoisotopic (exact) mass is 577 g/mol. The molecular formula is C34H28ClN3O4. The predicted molar refractivity (Wildman–Crippen MR) is 163 cm³/mol. The Morgan fingerprint density at radius 2 is 1.48 bits per heavy atom. The predicted octanol–water partition coefficient (Wildman–Crippen LogP) is 8.41. The van der Waals surface area contributed by atoms with Gasteiger partial charge in [-0.05, 0) is 104 Å². The molecule has 9 rings (SSSR count). The molecule has 0 unspecified atom stereocenters. The Balaban J connectivity index is 1.19. The number of nitro benzene ring substituents is 1. The molecule has 0 radical (unpaired) electrons. The number of benzene rings is 4. The van der Waals surface area contributed by atoms with Crippen molar-refractivity contribution in [3.8, 4) is 0 Å². The SMILES string of the molecule is O=C1c2cccc3c(Nc4cccc(Cl)c4)c([N+](=O)[O-])cc(c23)C(=O)N1c1ccc(C23CC4CC(CC(C4)C2)C3)cc1. The van der Waals surface area contributed by atoms with Gasteiger partial charge in [-0.25, -0.2) is 4.90 Å². The van der Waals surface area contributed by atoms with Crippen LogP contribution in [0, 0.1) is 27.9 Å². The zero-order chi connectivity index (χ0) is 28.7. The zero-order valence-corrected chi connectivity index (χ0v) is 23.6. The number of imide groups is 1. The van der Waals surface area contributed by atoms with Crippen LogP contribution in [0.3, 0.4) is 0 Å². The van der Waals surface area contributed by atoms with E-state index in [-0.39, 0.29) is 22.4 Å². The lowest BCUT2D eigenvalue weighted by Gasteiger charge is -2.57. The number of nitro groups is 1. The van der Waals surface area contributed by atoms with Crippen molar-refractivity contribution in [2.75, 3.05) is 10.2 Å². The van der Waals surface area contributed by atoms with Crippen LogP contribution in [-0.4, -0.2) is 16.7 Å². The summed E-state index contributed by atoms with van der Waals surface area (Å²) in [7, 11) is 0. The Morgan fingerprint density at radius 1 is 0.833 bits per heavy atom. The largest absolute Gasteiger partial charge is 0.349 e. The van der Waals surface area contributed by atoms with E-state index in [1.807, 2.05) is 12.1 Å². The van der Waals surface area contributed by atoms with Crippen LogP contribution in [0.5, 0.6) is 0 Å². The van der Waals surface area contributed by atoms with E-state index in [4.69, 9.17) is 11.6 Å². The molecule has 210 valence electrons. The summed E-state index contributed by atoms with van der Waals surface area (Å²) in [6, 6.07) is 21.1. The summed E-state index contributed by atoms with van der Waals surface area (Å²) in [5.74, 6) is 1.43. The molecule has 0 atom stereocenters. The maximum atomic E-state index is 14.0. The van der Waals surface area contributed by atoms with Crippen molar-refractivity contribution in [2.24, 2.45) is 17.8 Å². The summed E-state index contributed by atoms with van der Waals surface area (Å²) < 4.78 is 0. The highest BCUT2D eigenvalue weighted by Gasteiger charge is 2.51. The van der Waals surface area contributed by atoms with Crippen molar-refractivity contribution in [1.29, 1.82) is 0 Å². The Morgan fingerprint density at radius 3 is 2.12 bits per heavy atom. The van der Waals surface area contributed by atoms with Crippen LogP contribution in [0.4, 0.5) is 22.7 Å². The molecule has 4 saturated carbocycles. The number of carbonyl (C=O) groups is 2. The van der Waals surface area contributed by atoms with Gasteiger partial charge in [0.2, 0.25) is 0 Å². The third kappa shape index (κ3) is 3.79. The number of nitrogens with one attached hydrogen (secondary N) is 1. The average molecular weight is 578 g/mol. The topological polar surface area (TPSA) is 92.5 Å². The molecule has 1 aliphatic heterocycles. The normalized spacial score (nSPS) is 25.7. The van der Waals surface area contributed by atoms with Gasteiger partial charge in [-0.15, -0.1) is 0 Å². The highest BCUT2D eigenvalue weighted by atomic mass is 35.5. The average Bonchev–Trinajstić information content (AvgIpc) is 2.96. The summed E-state index contributed by atoms with van der Waals surface area (Å²) in [6.07, 6.45) is 7.77. The molecule has 5 aliphatic rings. The fourth-order valence-electron chi connectivity index (χ4n) is 8.80. The van der Waals surface area contributed by atoms with Crippen molar-refractivity contribution in [1.82, 2.24) is 0 Å². The first-order chi connectivity index (χ1) is 20.3. The Labute approximate surface area is 247 Å². The summed E-state index contributed by atoms with van der Waals surface area (Å²) in [4.78, 5) is 40.8. The van der Waals surface area contributed by atoms with Crippen molar-refractivity contribution in [2.45, 2.75) is 43.9 Å². The molecule has 4 bridgehead atoms. The lowest BCUT2D eigenvalue weighted by atomic mass is 9.48. The van der Waals surface area contributed by atoms with E-state index < -0.39 is 16.7 Å². The number of hydrogen-bond donors (Lipinski definition) is 1. The first-order valence-electron chi connectivity index (χ1n) is 14.6. The number of rotatable bonds is 5. The van der Waals surface area contributed by atoms with Crippen LogP contribution in [0.2, 0.25) is 5.02 Å². The summed E-state index contributed by atoms with van der Waals surface area (Å²) in [5.41, 5.74) is 2.95. The molecule has 4 aliphatic carbocycles. The van der Waals surface area contributed by atoms with Crippen molar-refractivity contribution >= 4 is 56.9 Å². The molecule has 2 amide bonds. The van der Waals surface area contributed by atoms with Gasteiger partial charge in [0.25, 0.3) is 17.5 Å². The lowest BCUT2D eigenvalue weighted by Crippen LogP contribution is -2.48. The van der Waals surface area contributed by atoms with Gasteiger partial charge in [-0.3, -0.25) is 19.7 Å². The summed E-state index contributed by atoms with van der Waals surface area (Å²) in [6.45, 7) is 0. The van der Waals surface area contributed by atoms with Gasteiger partial charge in [-0.1, -0.05) is 41.9 Å². The van der Waals surface area contributed by atoms with E-state index >= 15 is 0 Å². The second-order valence-corrected chi connectivity index (χ2v) is 13.1. The van der Waals surface area contributed by atoms with Gasteiger partial charge in [0.1, 0.15) is 5.69 Å². The van der Waals surface area contributed by atoms with Crippen LogP contribution < -0.4 is 10.2 Å². The minimum absolute atomic E-state index is 0.133. The van der Waals surface area contributed by atoms with Crippen LogP contribution in [-0.2, 0) is 5.41 Å². The molecular weight excluding hydrogens is 550 g/mol. The van der Waals surface area contributed by atoms with Gasteiger partial charge >= 0.3 is 0 Å². The maximum Gasteiger partial charge on any atom is 0.294 e. The van der Waals surface area contributed by atoms with Gasteiger partial charge in [-0.2, -0.15) is 0 Å². The van der Waals surface area contributed by atoms with E-state index in [1.165, 1.54) is 50.2 Å². The van der Waals surface area contributed by atoms with Crippen LogP contribution >= 0.6 is 11.6 Å². The van der Waals surface area contributed by atoms with Gasteiger partial charge in [0.15, 0.2) is 0 Å². The number of carbonyl (C=O) groups excluding carboxylic acids is 2. The maximum absolute atomic E-state index is 14.0. The summed E-state index contributed by atoms with van der Waals surface area (Å²) >= 11 is 6.14. The fraction of sp³-hybridized carbons (Fsp3) is 0.294. The fourth-order valence-corrected chi connectivity index (χ4v) is 8.99. The van der Waals surface area contributed by atoms with Crippen LogP contribution in [0.15, 0.2) is 72.8 Å². The lowest BCUT2D eigenvalue weighted by molar-refractivity contribution is -0.383. The standard InChI is InChI=1S/C34H28ClN3O4/c35-23-3-1-4-24(14-23)36-31-26-5-2-6-27-30(26)28(15-29(31)38(41)42)33(40)37(32(27)39)25-9-7-22(8-10-25)34-16-19-11-20(17-34)13-21(12-19)18-34/h1-10,14-15,19-21,36H,11-13,16-18H2. The Bertz CT molecular complexity index is 1800. The molecule has 0 aromatic heterocycles. The van der Waals surface area contributed by atoms with Gasteiger partial charge in [0.05, 0.1) is 16.2 Å². The smallest absolute Gasteiger partial charge is 0.294 e. The van der Waals surface area contributed by atoms with E-state index in [0.29, 0.717) is 32.7 Å². The molecule has 8 heteroatoms. The quantitative estimate of drug-likeness (QED) is 0.146. The zero-order valence-electron chi connectivity index (χ0n) is 22.8. The van der Waals surface area contributed by atoms with Gasteiger partial charge in [0, 0.05) is 33.1 Å².